The Hall–Kier alpha value is -2.89. The Morgan fingerprint density at radius 2 is 1.94 bits per heavy atom. The summed E-state index contributed by atoms with van der Waals surface area (Å²) in [4.78, 5) is 12.9. The van der Waals surface area contributed by atoms with Crippen molar-refractivity contribution in [1.82, 2.24) is 15.1 Å². The number of anilines is 1. The van der Waals surface area contributed by atoms with Crippen LogP contribution in [0.5, 0.6) is 5.75 Å². The number of benzene rings is 2. The lowest BCUT2D eigenvalue weighted by molar-refractivity contribution is -0.0498. The number of hydrogen-bond acceptors (Lipinski definition) is 6. The third-order valence-electron chi connectivity index (χ3n) is 5.17. The Morgan fingerprint density at radius 1 is 1.21 bits per heavy atom. The average molecular weight is 481 g/mol. The van der Waals surface area contributed by atoms with Gasteiger partial charge in [0.2, 0.25) is 0 Å². The molecule has 33 heavy (non-hydrogen) atoms. The molecule has 0 saturated carbocycles. The van der Waals surface area contributed by atoms with Gasteiger partial charge >= 0.3 is 6.61 Å². The second kappa shape index (κ2) is 8.47. The highest BCUT2D eigenvalue weighted by Gasteiger charge is 2.45. The van der Waals surface area contributed by atoms with Gasteiger partial charge in [0.05, 0.1) is 28.2 Å². The Kier molecular flexibility index (Phi) is 5.97. The highest BCUT2D eigenvalue weighted by atomic mass is 32.3. The summed E-state index contributed by atoms with van der Waals surface area (Å²) in [6.07, 6.45) is 0. The van der Waals surface area contributed by atoms with Crippen molar-refractivity contribution in [3.63, 3.8) is 0 Å². The summed E-state index contributed by atoms with van der Waals surface area (Å²) in [6.45, 7) is 2.75. The normalized spacial score (nSPS) is 17.6. The van der Waals surface area contributed by atoms with Crippen molar-refractivity contribution in [1.29, 1.82) is 0 Å². The van der Waals surface area contributed by atoms with Crippen LogP contribution in [0.3, 0.4) is 0 Å². The van der Waals surface area contributed by atoms with Crippen LogP contribution in [-0.2, 0) is 0 Å². The molecule has 0 radical (unpaired) electrons. The van der Waals surface area contributed by atoms with E-state index in [2.05, 4.69) is 20.5 Å². The lowest BCUT2D eigenvalue weighted by atomic mass is 10.1. The maximum Gasteiger partial charge on any atom is 0.387 e. The first-order chi connectivity index (χ1) is 15.4. The molecule has 1 amide bonds. The number of carbonyl (C=O) groups is 1. The van der Waals surface area contributed by atoms with Crippen molar-refractivity contribution in [3.8, 4) is 11.4 Å². The summed E-state index contributed by atoms with van der Waals surface area (Å²) in [5.74, 6) is 0.482. The highest BCUT2D eigenvalue weighted by molar-refractivity contribution is 8.25. The Balaban J connectivity index is 1.70. The van der Waals surface area contributed by atoms with Gasteiger partial charge in [0, 0.05) is 23.1 Å². The molecule has 1 aromatic heterocycles. The van der Waals surface area contributed by atoms with Gasteiger partial charge in [0.25, 0.3) is 5.91 Å². The monoisotopic (exact) mass is 480 g/mol. The van der Waals surface area contributed by atoms with E-state index in [0.717, 1.165) is 0 Å². The summed E-state index contributed by atoms with van der Waals surface area (Å²) in [7, 11) is -2.61. The van der Waals surface area contributed by atoms with E-state index in [0.29, 0.717) is 28.0 Å². The number of amides is 1. The second-order valence-electron chi connectivity index (χ2n) is 8.77. The standard InChI is InChI=1S/C22H26F2N4O4S/c1-13(2)25-19-17-9-14(20(29)26-22(3)11-33(30,31)12-22)7-8-18(17)28(27-19)15-5-4-6-16(10-15)32-21(23)24/h4-10,13,21,30-31H,11-12H2,1-3H3,(H,25,27)(H,26,29). The predicted molar refractivity (Wildman–Crippen MR) is 125 cm³/mol. The largest absolute Gasteiger partial charge is 0.435 e. The number of ether oxygens (including phenoxy) is 1. The van der Waals surface area contributed by atoms with Crippen LogP contribution in [0.15, 0.2) is 42.5 Å². The molecular weight excluding hydrogens is 454 g/mol. The van der Waals surface area contributed by atoms with Crippen LogP contribution in [0.1, 0.15) is 31.1 Å². The van der Waals surface area contributed by atoms with E-state index in [1.807, 2.05) is 13.8 Å². The van der Waals surface area contributed by atoms with Gasteiger partial charge in [-0.1, -0.05) is 6.07 Å². The van der Waals surface area contributed by atoms with Crippen LogP contribution in [0, 0.1) is 0 Å². The smallest absolute Gasteiger partial charge is 0.387 e. The number of carbonyl (C=O) groups excluding carboxylic acids is 1. The van der Waals surface area contributed by atoms with E-state index in [1.165, 1.54) is 12.1 Å². The zero-order valence-electron chi connectivity index (χ0n) is 18.4. The Morgan fingerprint density at radius 3 is 2.58 bits per heavy atom. The van der Waals surface area contributed by atoms with Crippen molar-refractivity contribution >= 4 is 33.2 Å². The van der Waals surface area contributed by atoms with Crippen LogP contribution in [0.4, 0.5) is 14.6 Å². The molecule has 2 aromatic carbocycles. The first kappa shape index (κ1) is 23.3. The molecule has 0 unspecified atom stereocenters. The van der Waals surface area contributed by atoms with E-state index in [1.54, 1.807) is 41.9 Å². The highest BCUT2D eigenvalue weighted by Crippen LogP contribution is 2.53. The van der Waals surface area contributed by atoms with Gasteiger partial charge in [-0.15, -0.1) is 5.10 Å². The van der Waals surface area contributed by atoms with Crippen LogP contribution in [0.2, 0.25) is 0 Å². The molecule has 1 fully saturated rings. The fourth-order valence-electron chi connectivity index (χ4n) is 4.02. The fourth-order valence-corrected chi connectivity index (χ4v) is 6.12. The summed E-state index contributed by atoms with van der Waals surface area (Å²) >= 11 is 0. The summed E-state index contributed by atoms with van der Waals surface area (Å²) in [5, 5.41) is 11.4. The maximum atomic E-state index is 12.9. The van der Waals surface area contributed by atoms with Crippen LogP contribution >= 0.6 is 10.6 Å². The number of hydrogen-bond donors (Lipinski definition) is 4. The maximum absolute atomic E-state index is 12.9. The molecule has 0 aliphatic carbocycles. The van der Waals surface area contributed by atoms with E-state index in [-0.39, 0.29) is 29.2 Å². The van der Waals surface area contributed by atoms with Crippen molar-refractivity contribution in [3.05, 3.63) is 48.0 Å². The van der Waals surface area contributed by atoms with Gasteiger partial charge in [-0.05, 0) is 51.1 Å². The van der Waals surface area contributed by atoms with E-state index < -0.39 is 22.7 Å². The lowest BCUT2D eigenvalue weighted by Crippen LogP contribution is -2.61. The van der Waals surface area contributed by atoms with Crippen LogP contribution in [0.25, 0.3) is 16.6 Å². The zero-order valence-corrected chi connectivity index (χ0v) is 19.2. The molecule has 1 aliphatic heterocycles. The minimum Gasteiger partial charge on any atom is -0.435 e. The number of nitrogens with zero attached hydrogens (tertiary/aromatic N) is 2. The van der Waals surface area contributed by atoms with E-state index in [9.17, 15) is 22.7 Å². The Bertz CT molecular complexity index is 1190. The molecule has 8 nitrogen and oxygen atoms in total. The summed E-state index contributed by atoms with van der Waals surface area (Å²) < 4.78 is 50.8. The fraction of sp³-hybridized carbons (Fsp3) is 0.364. The first-order valence-electron chi connectivity index (χ1n) is 10.4. The molecular formula is C22H26F2N4O4S. The third-order valence-corrected chi connectivity index (χ3v) is 7.37. The minimum atomic E-state index is -2.94. The molecule has 2 heterocycles. The zero-order chi connectivity index (χ0) is 24.0. The van der Waals surface area contributed by atoms with Crippen molar-refractivity contribution in [2.75, 3.05) is 16.8 Å². The number of alkyl halides is 2. The topological polar surface area (TPSA) is 109 Å². The average Bonchev–Trinajstić information content (AvgIpc) is 3.03. The molecule has 4 rings (SSSR count). The SMILES string of the molecule is CC(C)Nc1nn(-c2cccc(OC(F)F)c2)c2ccc(C(=O)NC3(C)CS(O)(O)C3)cc12. The molecule has 1 saturated heterocycles. The van der Waals surface area contributed by atoms with Gasteiger partial charge in [-0.25, -0.2) is 4.68 Å². The predicted octanol–water partition coefficient (Wildman–Crippen LogP) is 4.70. The van der Waals surface area contributed by atoms with Crippen LogP contribution < -0.4 is 15.4 Å². The van der Waals surface area contributed by atoms with Crippen LogP contribution in [-0.4, -0.2) is 54.5 Å². The summed E-state index contributed by atoms with van der Waals surface area (Å²) in [5.41, 5.74) is 0.930. The lowest BCUT2D eigenvalue weighted by Gasteiger charge is -2.54. The number of nitrogens with one attached hydrogen (secondary N) is 2. The molecule has 3 aromatic rings. The van der Waals surface area contributed by atoms with Crippen molar-refractivity contribution in [2.24, 2.45) is 0 Å². The molecule has 1 aliphatic rings. The molecule has 0 bridgehead atoms. The van der Waals surface area contributed by atoms with Crippen molar-refractivity contribution < 1.29 is 27.4 Å². The van der Waals surface area contributed by atoms with Gasteiger partial charge in [-0.3, -0.25) is 13.9 Å². The molecule has 0 atom stereocenters. The van der Waals surface area contributed by atoms with Gasteiger partial charge in [0.15, 0.2) is 5.82 Å². The second-order valence-corrected chi connectivity index (χ2v) is 11.0. The number of aromatic nitrogens is 2. The van der Waals surface area contributed by atoms with E-state index in [4.69, 9.17) is 0 Å². The quantitative estimate of drug-likeness (QED) is 0.390. The number of halogens is 2. The summed E-state index contributed by atoms with van der Waals surface area (Å²) in [6, 6.07) is 11.4. The Labute approximate surface area is 191 Å². The number of fused-ring (bicyclic) bond motifs is 1. The third kappa shape index (κ3) is 5.05. The van der Waals surface area contributed by atoms with Gasteiger partial charge in [0.1, 0.15) is 5.75 Å². The van der Waals surface area contributed by atoms with E-state index >= 15 is 0 Å². The molecule has 11 heteroatoms. The molecule has 0 spiro atoms. The van der Waals surface area contributed by atoms with Crippen molar-refractivity contribution in [2.45, 2.75) is 39.0 Å². The molecule has 178 valence electrons. The van der Waals surface area contributed by atoms with Gasteiger partial charge in [-0.2, -0.15) is 19.4 Å². The molecule has 4 N–H and O–H groups in total. The first-order valence-corrected chi connectivity index (χ1v) is 12.2. The van der Waals surface area contributed by atoms with Gasteiger partial charge < -0.3 is 15.4 Å². The number of rotatable bonds is 7. The minimum absolute atomic E-state index is 0.0141.